The molecule has 4 heterocycles. The Morgan fingerprint density at radius 2 is 1.86 bits per heavy atom. The van der Waals surface area contributed by atoms with Crippen LogP contribution in [0.1, 0.15) is 48.1 Å². The summed E-state index contributed by atoms with van der Waals surface area (Å²) in [4.78, 5) is 6.81. The fourth-order valence-corrected chi connectivity index (χ4v) is 6.94. The van der Waals surface area contributed by atoms with E-state index in [9.17, 15) is 5.11 Å². The van der Waals surface area contributed by atoms with Crippen molar-refractivity contribution in [1.82, 2.24) is 9.80 Å². The summed E-state index contributed by atoms with van der Waals surface area (Å²) in [5.41, 5.74) is 2.90. The molecule has 3 aliphatic heterocycles. The first-order valence-electron chi connectivity index (χ1n) is 10.9. The fraction of sp³-hybridized carbons (Fsp3) is 0.583. The van der Waals surface area contributed by atoms with E-state index in [0.29, 0.717) is 18.7 Å². The minimum absolute atomic E-state index is 0.0416. The number of fused-ring (bicyclic) bond motifs is 2. The number of hydrogen-bond donors (Lipinski definition) is 1. The van der Waals surface area contributed by atoms with Crippen molar-refractivity contribution in [2.45, 2.75) is 63.7 Å². The second-order valence-electron chi connectivity index (χ2n) is 9.21. The smallest absolute Gasteiger partial charge is 0.0506 e. The lowest BCUT2D eigenvalue weighted by atomic mass is 9.70. The minimum atomic E-state index is 0.0416. The largest absolute Gasteiger partial charge is 0.396 e. The summed E-state index contributed by atoms with van der Waals surface area (Å²) in [6, 6.07) is 14.4. The molecule has 4 heteroatoms. The predicted octanol–water partition coefficient (Wildman–Crippen LogP) is 4.30. The maximum atomic E-state index is 10.4. The quantitative estimate of drug-likeness (QED) is 0.756. The summed E-state index contributed by atoms with van der Waals surface area (Å²) in [6.07, 6.45) is 7.41. The van der Waals surface area contributed by atoms with Gasteiger partial charge in [0.25, 0.3) is 0 Å². The molecular weight excluding hydrogens is 364 g/mol. The van der Waals surface area contributed by atoms with Crippen molar-refractivity contribution in [1.29, 1.82) is 0 Å². The fourth-order valence-electron chi connectivity index (χ4n) is 6.05. The molecule has 0 amide bonds. The van der Waals surface area contributed by atoms with Crippen LogP contribution in [0.5, 0.6) is 0 Å². The van der Waals surface area contributed by atoms with Gasteiger partial charge in [-0.1, -0.05) is 30.3 Å². The normalized spacial score (nSPS) is 30.5. The number of benzene rings is 1. The summed E-state index contributed by atoms with van der Waals surface area (Å²) in [5.74, 6) is 0. The molecule has 3 aliphatic rings. The second-order valence-corrected chi connectivity index (χ2v) is 10.2. The molecule has 0 radical (unpaired) electrons. The van der Waals surface area contributed by atoms with E-state index < -0.39 is 0 Å². The van der Waals surface area contributed by atoms with Crippen LogP contribution in [0, 0.1) is 5.41 Å². The molecule has 1 N–H and O–H groups in total. The average molecular weight is 397 g/mol. The molecule has 150 valence electrons. The number of thiophene rings is 1. The Labute approximate surface area is 173 Å². The van der Waals surface area contributed by atoms with E-state index in [2.05, 4.69) is 51.6 Å². The van der Waals surface area contributed by atoms with Gasteiger partial charge in [-0.25, -0.2) is 0 Å². The van der Waals surface area contributed by atoms with E-state index in [1.54, 1.807) is 0 Å². The molecule has 1 aromatic heterocycles. The third-order valence-electron chi connectivity index (χ3n) is 7.36. The zero-order valence-electron chi connectivity index (χ0n) is 16.7. The number of likely N-dealkylation sites (tertiary alicyclic amines) is 1. The summed E-state index contributed by atoms with van der Waals surface area (Å²) in [7, 11) is 0. The highest BCUT2D eigenvalue weighted by atomic mass is 32.1. The van der Waals surface area contributed by atoms with Crippen molar-refractivity contribution < 1.29 is 5.11 Å². The second kappa shape index (κ2) is 7.91. The molecule has 0 spiro atoms. The van der Waals surface area contributed by atoms with Gasteiger partial charge < -0.3 is 5.11 Å². The highest BCUT2D eigenvalue weighted by Gasteiger charge is 2.55. The number of aliphatic hydroxyl groups is 1. The molecule has 2 aromatic rings. The van der Waals surface area contributed by atoms with Gasteiger partial charge in [0, 0.05) is 35.5 Å². The van der Waals surface area contributed by atoms with Gasteiger partial charge in [0.1, 0.15) is 0 Å². The summed E-state index contributed by atoms with van der Waals surface area (Å²) < 4.78 is 0. The Balaban J connectivity index is 1.28. The Hall–Kier alpha value is -1.20. The van der Waals surface area contributed by atoms with Gasteiger partial charge in [0.05, 0.1) is 6.61 Å². The lowest BCUT2D eigenvalue weighted by Crippen LogP contribution is -2.41. The summed E-state index contributed by atoms with van der Waals surface area (Å²) in [6.45, 7) is 5.03. The monoisotopic (exact) mass is 396 g/mol. The van der Waals surface area contributed by atoms with Crippen molar-refractivity contribution >= 4 is 11.3 Å². The zero-order valence-corrected chi connectivity index (χ0v) is 17.5. The lowest BCUT2D eigenvalue weighted by molar-refractivity contribution is 0.0753. The Kier molecular flexibility index (Phi) is 5.31. The van der Waals surface area contributed by atoms with E-state index in [-0.39, 0.29) is 5.41 Å². The van der Waals surface area contributed by atoms with E-state index in [1.807, 2.05) is 11.3 Å². The molecule has 3 nitrogen and oxygen atoms in total. The zero-order chi connectivity index (χ0) is 19.0. The molecule has 0 saturated carbocycles. The molecule has 0 aliphatic carbocycles. The Bertz CT molecular complexity index is 785. The predicted molar refractivity (Wildman–Crippen MR) is 115 cm³/mol. The summed E-state index contributed by atoms with van der Waals surface area (Å²) in [5, 5.41) is 12.8. The lowest BCUT2D eigenvalue weighted by Gasteiger charge is -2.36. The molecular formula is C24H32N2OS. The highest BCUT2D eigenvalue weighted by Crippen LogP contribution is 2.52. The van der Waals surface area contributed by atoms with Gasteiger partial charge in [0.15, 0.2) is 0 Å². The van der Waals surface area contributed by atoms with Gasteiger partial charge in [-0.15, -0.1) is 11.3 Å². The summed E-state index contributed by atoms with van der Waals surface area (Å²) >= 11 is 1.93. The molecule has 3 fully saturated rings. The number of rotatable bonds is 7. The van der Waals surface area contributed by atoms with Crippen molar-refractivity contribution in [3.05, 3.63) is 57.8 Å². The van der Waals surface area contributed by atoms with E-state index in [4.69, 9.17) is 0 Å². The van der Waals surface area contributed by atoms with Crippen LogP contribution >= 0.6 is 11.3 Å². The topological polar surface area (TPSA) is 26.7 Å². The molecule has 1 aromatic carbocycles. The standard InChI is InChI=1S/C24H32N2OS/c27-18-24(13-19-6-2-1-3-7-19)14-21-8-9-23(24)26(21)16-22-12-20(17-28-22)15-25-10-4-5-11-25/h1-3,6-7,12,17,21,23,27H,4-5,8-11,13-16,18H2/t21-,23+,24-/m0/s1. The first-order valence-corrected chi connectivity index (χ1v) is 11.8. The van der Waals surface area contributed by atoms with Gasteiger partial charge in [-0.3, -0.25) is 9.80 Å². The maximum absolute atomic E-state index is 10.4. The number of hydrogen-bond acceptors (Lipinski definition) is 4. The van der Waals surface area contributed by atoms with E-state index in [1.165, 1.54) is 54.8 Å². The number of nitrogens with zero attached hydrogens (tertiary/aromatic N) is 2. The van der Waals surface area contributed by atoms with Crippen LogP contribution in [-0.2, 0) is 19.5 Å². The highest BCUT2D eigenvalue weighted by molar-refractivity contribution is 7.10. The third-order valence-corrected chi connectivity index (χ3v) is 8.33. The minimum Gasteiger partial charge on any atom is -0.396 e. The van der Waals surface area contributed by atoms with Crippen LogP contribution in [0.3, 0.4) is 0 Å². The van der Waals surface area contributed by atoms with Crippen LogP contribution < -0.4 is 0 Å². The molecule has 3 saturated heterocycles. The van der Waals surface area contributed by atoms with E-state index >= 15 is 0 Å². The van der Waals surface area contributed by atoms with Gasteiger partial charge in [-0.2, -0.15) is 0 Å². The maximum Gasteiger partial charge on any atom is 0.0506 e. The van der Waals surface area contributed by atoms with Gasteiger partial charge in [-0.05, 0) is 74.2 Å². The molecule has 28 heavy (non-hydrogen) atoms. The van der Waals surface area contributed by atoms with Crippen molar-refractivity contribution in [3.8, 4) is 0 Å². The average Bonchev–Trinajstić information content (AvgIpc) is 3.50. The molecule has 0 unspecified atom stereocenters. The van der Waals surface area contributed by atoms with Gasteiger partial charge in [0.2, 0.25) is 0 Å². The van der Waals surface area contributed by atoms with Crippen molar-refractivity contribution in [3.63, 3.8) is 0 Å². The van der Waals surface area contributed by atoms with Crippen molar-refractivity contribution in [2.75, 3.05) is 19.7 Å². The SMILES string of the molecule is OC[C@]1(Cc2ccccc2)C[C@@H]2CC[C@H]1N2Cc1cc(CN2CCCC2)cs1. The first kappa shape index (κ1) is 18.8. The van der Waals surface area contributed by atoms with Crippen LogP contribution in [-0.4, -0.2) is 46.7 Å². The van der Waals surface area contributed by atoms with Crippen LogP contribution in [0.4, 0.5) is 0 Å². The molecule has 2 bridgehead atoms. The molecule has 3 atom stereocenters. The van der Waals surface area contributed by atoms with E-state index in [0.717, 1.165) is 25.9 Å². The third kappa shape index (κ3) is 3.56. The first-order chi connectivity index (χ1) is 13.8. The van der Waals surface area contributed by atoms with Crippen LogP contribution in [0.2, 0.25) is 0 Å². The van der Waals surface area contributed by atoms with Crippen LogP contribution in [0.25, 0.3) is 0 Å². The van der Waals surface area contributed by atoms with Crippen LogP contribution in [0.15, 0.2) is 41.8 Å². The molecule has 5 rings (SSSR count). The Morgan fingerprint density at radius 1 is 1.04 bits per heavy atom. The van der Waals surface area contributed by atoms with Crippen molar-refractivity contribution in [2.24, 2.45) is 5.41 Å². The Morgan fingerprint density at radius 3 is 2.64 bits per heavy atom. The number of aliphatic hydroxyl groups excluding tert-OH is 1. The van der Waals surface area contributed by atoms with Gasteiger partial charge >= 0.3 is 0 Å².